The van der Waals surface area contributed by atoms with Gasteiger partial charge in [-0.15, -0.1) is 0 Å². The number of nitrogens with one attached hydrogen (secondary N) is 1. The number of benzene rings is 1. The fourth-order valence-corrected chi connectivity index (χ4v) is 3.26. The number of hydrogen-bond donors (Lipinski definition) is 2. The van der Waals surface area contributed by atoms with Crippen LogP contribution in [0.15, 0.2) is 30.3 Å². The van der Waals surface area contributed by atoms with Crippen LogP contribution in [0.5, 0.6) is 0 Å². The number of piperidine rings is 1. The van der Waals surface area contributed by atoms with Gasteiger partial charge >= 0.3 is 6.03 Å². The first kappa shape index (κ1) is 18.3. The lowest BCUT2D eigenvalue weighted by molar-refractivity contribution is 0.0514. The molecule has 0 bridgehead atoms. The second kappa shape index (κ2) is 8.70. The van der Waals surface area contributed by atoms with Crippen molar-refractivity contribution in [1.29, 1.82) is 5.26 Å². The molecule has 0 radical (unpaired) electrons. The number of urea groups is 1. The van der Waals surface area contributed by atoms with E-state index < -0.39 is 0 Å². The first-order chi connectivity index (χ1) is 11.6. The SMILES string of the molecule is CCC1(CO)CCN(C(=O)NC(CCC#N)c2ccccc2)CC1. The number of amides is 2. The van der Waals surface area contributed by atoms with Gasteiger partial charge in [0.15, 0.2) is 0 Å². The van der Waals surface area contributed by atoms with Gasteiger partial charge in [0.05, 0.1) is 12.1 Å². The van der Waals surface area contributed by atoms with E-state index in [1.807, 2.05) is 35.2 Å². The Labute approximate surface area is 144 Å². The standard InChI is InChI=1S/C19H27N3O2/c1-2-19(15-23)10-13-22(14-11-19)18(24)21-17(9-6-12-20)16-7-4-3-5-8-16/h3-5,7-8,17,23H,2,6,9-11,13-15H2,1H3,(H,21,24). The molecule has 130 valence electrons. The lowest BCUT2D eigenvalue weighted by Gasteiger charge is -2.40. The molecular formula is C19H27N3O2. The minimum Gasteiger partial charge on any atom is -0.396 e. The molecule has 5 nitrogen and oxygen atoms in total. The molecule has 1 unspecified atom stereocenters. The molecule has 24 heavy (non-hydrogen) atoms. The lowest BCUT2D eigenvalue weighted by atomic mass is 9.77. The van der Waals surface area contributed by atoms with Gasteiger partial charge in [0, 0.05) is 26.1 Å². The van der Waals surface area contributed by atoms with Crippen molar-refractivity contribution in [3.05, 3.63) is 35.9 Å². The van der Waals surface area contributed by atoms with Crippen molar-refractivity contribution in [3.63, 3.8) is 0 Å². The van der Waals surface area contributed by atoms with Crippen LogP contribution in [0.25, 0.3) is 0 Å². The van der Waals surface area contributed by atoms with Crippen LogP contribution in [-0.4, -0.2) is 35.7 Å². The van der Waals surface area contributed by atoms with Crippen LogP contribution in [0.2, 0.25) is 0 Å². The summed E-state index contributed by atoms with van der Waals surface area (Å²) >= 11 is 0. The molecule has 1 fully saturated rings. The zero-order valence-electron chi connectivity index (χ0n) is 14.4. The van der Waals surface area contributed by atoms with E-state index in [0.29, 0.717) is 25.9 Å². The Kier molecular flexibility index (Phi) is 6.62. The zero-order chi connectivity index (χ0) is 17.4. The Hall–Kier alpha value is -2.06. The maximum Gasteiger partial charge on any atom is 0.317 e. The summed E-state index contributed by atoms with van der Waals surface area (Å²) in [5.74, 6) is 0. The van der Waals surface area contributed by atoms with Crippen LogP contribution in [0.4, 0.5) is 4.79 Å². The highest BCUT2D eigenvalue weighted by Crippen LogP contribution is 2.34. The highest BCUT2D eigenvalue weighted by Gasteiger charge is 2.34. The van der Waals surface area contributed by atoms with Gasteiger partial charge < -0.3 is 15.3 Å². The minimum absolute atomic E-state index is 0.0313. The van der Waals surface area contributed by atoms with Crippen molar-refractivity contribution >= 4 is 6.03 Å². The number of carbonyl (C=O) groups excluding carboxylic acids is 1. The zero-order valence-corrected chi connectivity index (χ0v) is 14.4. The Morgan fingerprint density at radius 3 is 2.58 bits per heavy atom. The van der Waals surface area contributed by atoms with Crippen molar-refractivity contribution in [2.75, 3.05) is 19.7 Å². The summed E-state index contributed by atoms with van der Waals surface area (Å²) in [7, 11) is 0. The smallest absolute Gasteiger partial charge is 0.317 e. The normalized spacial score (nSPS) is 17.8. The summed E-state index contributed by atoms with van der Waals surface area (Å²) in [5.41, 5.74) is 0.993. The van der Waals surface area contributed by atoms with E-state index in [1.165, 1.54) is 0 Å². The molecule has 1 aromatic carbocycles. The van der Waals surface area contributed by atoms with E-state index in [1.54, 1.807) is 0 Å². The first-order valence-electron chi connectivity index (χ1n) is 8.72. The minimum atomic E-state index is -0.144. The molecule has 1 atom stereocenters. The van der Waals surface area contributed by atoms with Crippen molar-refractivity contribution in [2.24, 2.45) is 5.41 Å². The molecule has 2 N–H and O–H groups in total. The van der Waals surface area contributed by atoms with E-state index in [9.17, 15) is 9.90 Å². The van der Waals surface area contributed by atoms with Gasteiger partial charge in [0.25, 0.3) is 0 Å². The average Bonchev–Trinajstić information content (AvgIpc) is 2.65. The van der Waals surface area contributed by atoms with Gasteiger partial charge in [0.1, 0.15) is 0 Å². The van der Waals surface area contributed by atoms with Gasteiger partial charge in [-0.2, -0.15) is 5.26 Å². The number of likely N-dealkylation sites (tertiary alicyclic amines) is 1. The van der Waals surface area contributed by atoms with Gasteiger partial charge in [0.2, 0.25) is 0 Å². The van der Waals surface area contributed by atoms with Crippen LogP contribution in [0.3, 0.4) is 0 Å². The molecule has 1 saturated heterocycles. The molecular weight excluding hydrogens is 302 g/mol. The third-order valence-corrected chi connectivity index (χ3v) is 5.24. The highest BCUT2D eigenvalue weighted by molar-refractivity contribution is 5.74. The first-order valence-corrected chi connectivity index (χ1v) is 8.72. The quantitative estimate of drug-likeness (QED) is 0.841. The van der Waals surface area contributed by atoms with Crippen molar-refractivity contribution < 1.29 is 9.90 Å². The summed E-state index contributed by atoms with van der Waals surface area (Å²) in [4.78, 5) is 14.4. The summed E-state index contributed by atoms with van der Waals surface area (Å²) in [6.07, 6.45) is 3.62. The monoisotopic (exact) mass is 329 g/mol. The summed E-state index contributed by atoms with van der Waals surface area (Å²) in [5, 5.41) is 21.5. The Balaban J connectivity index is 1.97. The number of aliphatic hydroxyl groups is 1. The molecule has 0 saturated carbocycles. The molecule has 0 spiro atoms. The molecule has 2 rings (SSSR count). The van der Waals surface area contributed by atoms with Crippen LogP contribution in [0, 0.1) is 16.7 Å². The van der Waals surface area contributed by atoms with Gasteiger partial charge in [-0.25, -0.2) is 4.79 Å². The second-order valence-corrected chi connectivity index (χ2v) is 6.61. The van der Waals surface area contributed by atoms with Crippen molar-refractivity contribution in [3.8, 4) is 6.07 Å². The highest BCUT2D eigenvalue weighted by atomic mass is 16.3. The fraction of sp³-hybridized carbons (Fsp3) is 0.579. The number of hydrogen-bond acceptors (Lipinski definition) is 3. The molecule has 1 aromatic rings. The van der Waals surface area contributed by atoms with Gasteiger partial charge in [-0.05, 0) is 36.7 Å². The number of rotatable bonds is 6. The second-order valence-electron chi connectivity index (χ2n) is 6.61. The van der Waals surface area contributed by atoms with Crippen LogP contribution >= 0.6 is 0 Å². The number of nitrogens with zero attached hydrogens (tertiary/aromatic N) is 2. The predicted octanol–water partition coefficient (Wildman–Crippen LogP) is 3.23. The topological polar surface area (TPSA) is 76.4 Å². The summed E-state index contributed by atoms with van der Waals surface area (Å²) in [6.45, 7) is 3.62. The Morgan fingerprint density at radius 1 is 1.38 bits per heavy atom. The summed E-state index contributed by atoms with van der Waals surface area (Å²) in [6, 6.07) is 11.7. The largest absolute Gasteiger partial charge is 0.396 e. The number of aliphatic hydroxyl groups excluding tert-OH is 1. The molecule has 1 aliphatic heterocycles. The third-order valence-electron chi connectivity index (χ3n) is 5.24. The van der Waals surface area contributed by atoms with E-state index in [2.05, 4.69) is 18.3 Å². The molecule has 2 amide bonds. The molecule has 1 heterocycles. The van der Waals surface area contributed by atoms with E-state index in [-0.39, 0.29) is 24.1 Å². The van der Waals surface area contributed by atoms with Crippen molar-refractivity contribution in [1.82, 2.24) is 10.2 Å². The van der Waals surface area contributed by atoms with Gasteiger partial charge in [-0.1, -0.05) is 37.3 Å². The van der Waals surface area contributed by atoms with Crippen LogP contribution in [-0.2, 0) is 0 Å². The van der Waals surface area contributed by atoms with Crippen LogP contribution < -0.4 is 5.32 Å². The van der Waals surface area contributed by atoms with E-state index >= 15 is 0 Å². The number of carbonyl (C=O) groups is 1. The van der Waals surface area contributed by atoms with E-state index in [4.69, 9.17) is 5.26 Å². The lowest BCUT2D eigenvalue weighted by Crippen LogP contribution is -2.48. The Morgan fingerprint density at radius 2 is 2.04 bits per heavy atom. The molecule has 5 heteroatoms. The molecule has 0 aromatic heterocycles. The maximum absolute atomic E-state index is 12.6. The third kappa shape index (κ3) is 4.48. The number of nitriles is 1. The molecule has 0 aliphatic carbocycles. The average molecular weight is 329 g/mol. The molecule has 1 aliphatic rings. The van der Waals surface area contributed by atoms with E-state index in [0.717, 1.165) is 24.8 Å². The van der Waals surface area contributed by atoms with Crippen LogP contribution in [0.1, 0.15) is 50.6 Å². The predicted molar refractivity (Wildman–Crippen MR) is 93.2 cm³/mol. The van der Waals surface area contributed by atoms with Crippen molar-refractivity contribution in [2.45, 2.75) is 45.1 Å². The summed E-state index contributed by atoms with van der Waals surface area (Å²) < 4.78 is 0. The Bertz CT molecular complexity index is 554. The maximum atomic E-state index is 12.6. The van der Waals surface area contributed by atoms with Gasteiger partial charge in [-0.3, -0.25) is 0 Å². The fourth-order valence-electron chi connectivity index (χ4n) is 3.26.